The summed E-state index contributed by atoms with van der Waals surface area (Å²) in [5, 5.41) is 9.02. The molecule has 1 aliphatic carbocycles. The van der Waals surface area contributed by atoms with Crippen LogP contribution < -0.4 is 0 Å². The van der Waals surface area contributed by atoms with E-state index in [9.17, 15) is 0 Å². The number of rotatable bonds is 2. The fraction of sp³-hybridized carbons (Fsp3) is 0.917. The Morgan fingerprint density at radius 1 is 1.29 bits per heavy atom. The molecule has 78 valence electrons. The molecule has 1 saturated heterocycles. The molecule has 3 atom stereocenters. The molecular weight excluding hydrogens is 172 g/mol. The lowest BCUT2D eigenvalue weighted by atomic mass is 9.68. The van der Waals surface area contributed by atoms with Crippen molar-refractivity contribution < 1.29 is 0 Å². The van der Waals surface area contributed by atoms with Gasteiger partial charge in [0.25, 0.3) is 0 Å². The van der Waals surface area contributed by atoms with Crippen molar-refractivity contribution in [2.24, 2.45) is 11.8 Å². The molecule has 14 heavy (non-hydrogen) atoms. The Kier molecular flexibility index (Phi) is 3.08. The second-order valence-electron chi connectivity index (χ2n) is 4.73. The van der Waals surface area contributed by atoms with E-state index < -0.39 is 0 Å². The number of likely N-dealkylation sites (tertiary alicyclic amines) is 1. The molecule has 2 rings (SSSR count). The molecule has 2 heteroatoms. The molecule has 0 amide bonds. The third-order valence-corrected chi connectivity index (χ3v) is 3.95. The van der Waals surface area contributed by atoms with Gasteiger partial charge in [-0.15, -0.1) is 0 Å². The van der Waals surface area contributed by atoms with Crippen LogP contribution in [0, 0.1) is 23.2 Å². The smallest absolute Gasteiger partial charge is 0.0672 e. The zero-order chi connectivity index (χ0) is 9.97. The molecule has 2 fully saturated rings. The monoisotopic (exact) mass is 192 g/mol. The Labute approximate surface area is 86.9 Å². The van der Waals surface area contributed by atoms with Crippen LogP contribution in [0.3, 0.4) is 0 Å². The lowest BCUT2D eigenvalue weighted by Gasteiger charge is -2.49. The third-order valence-electron chi connectivity index (χ3n) is 3.95. The van der Waals surface area contributed by atoms with Gasteiger partial charge in [-0.3, -0.25) is 4.90 Å². The van der Waals surface area contributed by atoms with Crippen molar-refractivity contribution >= 4 is 0 Å². The van der Waals surface area contributed by atoms with Crippen LogP contribution in [0.5, 0.6) is 0 Å². The fourth-order valence-corrected chi connectivity index (χ4v) is 3.04. The first-order valence-electron chi connectivity index (χ1n) is 6.00. The lowest BCUT2D eigenvalue weighted by molar-refractivity contribution is 0.0109. The Balaban J connectivity index is 1.95. The van der Waals surface area contributed by atoms with Gasteiger partial charge in [-0.1, -0.05) is 19.8 Å². The molecular formula is C12H20N2. The Morgan fingerprint density at radius 3 is 2.57 bits per heavy atom. The van der Waals surface area contributed by atoms with Crippen molar-refractivity contribution in [1.29, 1.82) is 5.26 Å². The first-order chi connectivity index (χ1) is 6.86. The van der Waals surface area contributed by atoms with Crippen LogP contribution in [-0.4, -0.2) is 24.0 Å². The largest absolute Gasteiger partial charge is 0.299 e. The maximum Gasteiger partial charge on any atom is 0.0672 e. The minimum Gasteiger partial charge on any atom is -0.299 e. The maximum absolute atomic E-state index is 9.02. The van der Waals surface area contributed by atoms with Crippen LogP contribution in [0.4, 0.5) is 0 Å². The summed E-state index contributed by atoms with van der Waals surface area (Å²) in [5.74, 6) is 1.13. The third kappa shape index (κ3) is 1.66. The van der Waals surface area contributed by atoms with Crippen molar-refractivity contribution in [3.05, 3.63) is 0 Å². The van der Waals surface area contributed by atoms with Crippen LogP contribution in [0.1, 0.15) is 39.0 Å². The second kappa shape index (κ2) is 4.31. The molecule has 1 aliphatic heterocycles. The SMILES string of the molecule is CC[C@@H]1C[C@@H](C#N)[C@H]1N1CCCCC1. The zero-order valence-corrected chi connectivity index (χ0v) is 9.08. The molecule has 0 aromatic carbocycles. The fourth-order valence-electron chi connectivity index (χ4n) is 3.04. The molecule has 2 nitrogen and oxygen atoms in total. The van der Waals surface area contributed by atoms with E-state index in [2.05, 4.69) is 17.9 Å². The average Bonchev–Trinajstić information content (AvgIpc) is 2.19. The highest BCUT2D eigenvalue weighted by molar-refractivity contribution is 5.05. The summed E-state index contributed by atoms with van der Waals surface area (Å²) < 4.78 is 0. The maximum atomic E-state index is 9.02. The minimum absolute atomic E-state index is 0.332. The summed E-state index contributed by atoms with van der Waals surface area (Å²) in [6.45, 7) is 4.73. The van der Waals surface area contributed by atoms with Gasteiger partial charge in [0.1, 0.15) is 0 Å². The van der Waals surface area contributed by atoms with Gasteiger partial charge in [-0.05, 0) is 38.3 Å². The van der Waals surface area contributed by atoms with Crippen molar-refractivity contribution in [2.45, 2.75) is 45.1 Å². The van der Waals surface area contributed by atoms with Crippen molar-refractivity contribution in [3.8, 4) is 6.07 Å². The first kappa shape index (κ1) is 9.98. The van der Waals surface area contributed by atoms with E-state index in [1.807, 2.05) is 0 Å². The van der Waals surface area contributed by atoms with E-state index in [1.54, 1.807) is 0 Å². The number of piperidine rings is 1. The van der Waals surface area contributed by atoms with Crippen molar-refractivity contribution in [2.75, 3.05) is 13.1 Å². The number of nitriles is 1. The average molecular weight is 192 g/mol. The molecule has 1 heterocycles. The minimum atomic E-state index is 0.332. The second-order valence-corrected chi connectivity index (χ2v) is 4.73. The van der Waals surface area contributed by atoms with E-state index in [1.165, 1.54) is 38.8 Å². The summed E-state index contributed by atoms with van der Waals surface area (Å²) in [6, 6.07) is 3.07. The number of hydrogen-bond donors (Lipinski definition) is 0. The Hall–Kier alpha value is -0.550. The van der Waals surface area contributed by atoms with Gasteiger partial charge in [0.05, 0.1) is 12.0 Å². The summed E-state index contributed by atoms with van der Waals surface area (Å²) in [4.78, 5) is 2.58. The van der Waals surface area contributed by atoms with Gasteiger partial charge in [0.2, 0.25) is 0 Å². The van der Waals surface area contributed by atoms with Gasteiger partial charge in [0, 0.05) is 6.04 Å². The lowest BCUT2D eigenvalue weighted by Crippen LogP contribution is -2.54. The van der Waals surface area contributed by atoms with Crippen LogP contribution in [0.2, 0.25) is 0 Å². The molecule has 0 N–H and O–H groups in total. The van der Waals surface area contributed by atoms with Gasteiger partial charge in [0.15, 0.2) is 0 Å². The summed E-state index contributed by atoms with van der Waals surface area (Å²) in [6.07, 6.45) is 6.46. The molecule has 0 unspecified atom stereocenters. The van der Waals surface area contributed by atoms with E-state index in [-0.39, 0.29) is 0 Å². The highest BCUT2D eigenvalue weighted by atomic mass is 15.2. The molecule has 0 spiro atoms. The van der Waals surface area contributed by atoms with E-state index in [0.29, 0.717) is 12.0 Å². The quantitative estimate of drug-likeness (QED) is 0.672. The standard InChI is InChI=1S/C12H20N2/c1-2-10-8-11(9-13)12(10)14-6-4-3-5-7-14/h10-12H,2-8H2,1H3/t10-,11+,12+/m1/s1. The first-order valence-corrected chi connectivity index (χ1v) is 6.00. The van der Waals surface area contributed by atoms with Gasteiger partial charge in [-0.25, -0.2) is 0 Å². The van der Waals surface area contributed by atoms with Crippen LogP contribution >= 0.6 is 0 Å². The molecule has 1 saturated carbocycles. The predicted molar refractivity (Wildman–Crippen MR) is 56.7 cm³/mol. The normalized spacial score (nSPS) is 38.7. The van der Waals surface area contributed by atoms with Crippen LogP contribution in [-0.2, 0) is 0 Å². The van der Waals surface area contributed by atoms with Crippen LogP contribution in [0.25, 0.3) is 0 Å². The summed E-state index contributed by atoms with van der Waals surface area (Å²) in [5.41, 5.74) is 0. The highest BCUT2D eigenvalue weighted by Crippen LogP contribution is 2.40. The highest BCUT2D eigenvalue weighted by Gasteiger charge is 2.43. The zero-order valence-electron chi connectivity index (χ0n) is 9.08. The summed E-state index contributed by atoms with van der Waals surface area (Å²) in [7, 11) is 0. The number of hydrogen-bond acceptors (Lipinski definition) is 2. The van der Waals surface area contributed by atoms with Crippen molar-refractivity contribution in [1.82, 2.24) is 4.90 Å². The Morgan fingerprint density at radius 2 is 2.00 bits per heavy atom. The summed E-state index contributed by atoms with van der Waals surface area (Å²) >= 11 is 0. The molecule has 0 aromatic heterocycles. The predicted octanol–water partition coefficient (Wildman–Crippen LogP) is 2.41. The van der Waals surface area contributed by atoms with Crippen molar-refractivity contribution in [3.63, 3.8) is 0 Å². The van der Waals surface area contributed by atoms with Gasteiger partial charge >= 0.3 is 0 Å². The molecule has 0 bridgehead atoms. The Bertz CT molecular complexity index is 225. The molecule has 0 aromatic rings. The number of nitrogens with zero attached hydrogens (tertiary/aromatic N) is 2. The topological polar surface area (TPSA) is 27.0 Å². The van der Waals surface area contributed by atoms with E-state index in [4.69, 9.17) is 5.26 Å². The van der Waals surface area contributed by atoms with Gasteiger partial charge in [-0.2, -0.15) is 5.26 Å². The van der Waals surface area contributed by atoms with Gasteiger partial charge < -0.3 is 0 Å². The van der Waals surface area contributed by atoms with Crippen LogP contribution in [0.15, 0.2) is 0 Å². The van der Waals surface area contributed by atoms with E-state index >= 15 is 0 Å². The molecule has 0 radical (unpaired) electrons. The van der Waals surface area contributed by atoms with E-state index in [0.717, 1.165) is 12.3 Å². The molecule has 2 aliphatic rings.